The van der Waals surface area contributed by atoms with Gasteiger partial charge in [-0.15, -0.1) is 0 Å². The lowest BCUT2D eigenvalue weighted by molar-refractivity contribution is -0.142. The second-order valence-corrected chi connectivity index (χ2v) is 14.3. The van der Waals surface area contributed by atoms with E-state index >= 15 is 0 Å². The van der Waals surface area contributed by atoms with E-state index in [-0.39, 0.29) is 35.1 Å². The van der Waals surface area contributed by atoms with Crippen molar-refractivity contribution in [1.29, 1.82) is 0 Å². The van der Waals surface area contributed by atoms with Crippen LogP contribution >= 0.6 is 0 Å². The molecule has 0 spiro atoms. The second-order valence-electron chi connectivity index (χ2n) is 12.7. The Hall–Kier alpha value is -3.38. The number of rotatable bonds is 9. The van der Waals surface area contributed by atoms with Crippen molar-refractivity contribution >= 4 is 33.4 Å². The quantitative estimate of drug-likeness (QED) is 0.359. The van der Waals surface area contributed by atoms with Crippen LogP contribution < -0.4 is 15.8 Å². The van der Waals surface area contributed by atoms with Gasteiger partial charge in [-0.2, -0.15) is 0 Å². The monoisotopic (exact) mass is 644 g/mol. The van der Waals surface area contributed by atoms with E-state index in [2.05, 4.69) is 5.32 Å². The van der Waals surface area contributed by atoms with Gasteiger partial charge >= 0.3 is 0 Å². The summed E-state index contributed by atoms with van der Waals surface area (Å²) in [5, 5.41) is 2.93. The molecule has 3 atom stereocenters. The lowest BCUT2D eigenvalue weighted by Crippen LogP contribution is -2.50. The number of nitrogens with zero attached hydrogens (tertiary/aromatic N) is 1. The van der Waals surface area contributed by atoms with E-state index in [1.54, 1.807) is 4.90 Å². The summed E-state index contributed by atoms with van der Waals surface area (Å²) in [6.45, 7) is -0.0588. The van der Waals surface area contributed by atoms with Gasteiger partial charge in [0.05, 0.1) is 0 Å². The maximum Gasteiger partial charge on any atom is 0.267 e. The molecule has 1 aliphatic heterocycles. The highest BCUT2D eigenvalue weighted by atomic mass is 32.2. The van der Waals surface area contributed by atoms with Crippen LogP contribution in [0.15, 0.2) is 53.4 Å². The number of alkyl halides is 1. The Bertz CT molecular complexity index is 1470. The summed E-state index contributed by atoms with van der Waals surface area (Å²) in [4.78, 5) is 41.5. The van der Waals surface area contributed by atoms with E-state index < -0.39 is 45.4 Å². The first-order chi connectivity index (χ1) is 21.6. The van der Waals surface area contributed by atoms with Gasteiger partial charge in [-0.25, -0.2) is 21.9 Å². The molecule has 2 aliphatic carbocycles. The average Bonchev–Trinajstić information content (AvgIpc) is 3.50. The van der Waals surface area contributed by atoms with Crippen molar-refractivity contribution in [2.24, 2.45) is 29.4 Å². The van der Waals surface area contributed by atoms with Gasteiger partial charge in [0.15, 0.2) is 0 Å². The maximum atomic E-state index is 14.0. The molecule has 0 bridgehead atoms. The first-order valence-electron chi connectivity index (χ1n) is 15.9. The van der Waals surface area contributed by atoms with Crippen molar-refractivity contribution in [3.8, 4) is 0 Å². The number of halogens is 2. The van der Waals surface area contributed by atoms with Crippen molar-refractivity contribution in [3.05, 3.63) is 59.9 Å². The van der Waals surface area contributed by atoms with Crippen LogP contribution in [-0.4, -0.2) is 56.3 Å². The molecule has 3 fully saturated rings. The number of sulfonamides is 1. The lowest BCUT2D eigenvalue weighted by Gasteiger charge is -2.36. The molecule has 1 saturated heterocycles. The number of hydrogen-bond donors (Lipinski definition) is 3. The van der Waals surface area contributed by atoms with E-state index in [0.29, 0.717) is 43.8 Å². The third-order valence-corrected chi connectivity index (χ3v) is 11.3. The second kappa shape index (κ2) is 14.4. The normalized spacial score (nSPS) is 25.0. The van der Waals surface area contributed by atoms with Crippen molar-refractivity contribution in [2.75, 3.05) is 18.5 Å². The minimum Gasteiger partial charge on any atom is -0.330 e. The molecule has 1 heterocycles. The van der Waals surface area contributed by atoms with Gasteiger partial charge in [0.25, 0.3) is 15.9 Å². The highest BCUT2D eigenvalue weighted by Crippen LogP contribution is 2.41. The molecule has 12 heteroatoms. The number of nitrogens with one attached hydrogen (secondary N) is 2. The van der Waals surface area contributed by atoms with Crippen LogP contribution in [0, 0.1) is 29.5 Å². The molecule has 4 N–H and O–H groups in total. The van der Waals surface area contributed by atoms with Crippen LogP contribution in [0.5, 0.6) is 0 Å². The largest absolute Gasteiger partial charge is 0.330 e. The van der Waals surface area contributed by atoms with Crippen LogP contribution in [0.2, 0.25) is 0 Å². The zero-order valence-corrected chi connectivity index (χ0v) is 26.1. The Morgan fingerprint density at radius 3 is 2.22 bits per heavy atom. The van der Waals surface area contributed by atoms with Gasteiger partial charge in [0.2, 0.25) is 11.8 Å². The van der Waals surface area contributed by atoms with E-state index in [4.69, 9.17) is 5.73 Å². The SMILES string of the molecule is N[C@H](CF)C1CCC(C(=O)N2CC[C@@H](C3CCCCC3)[C@H]2C(=O)Nc2ccc(C(=O)NS(=O)(=O)c3ccccc3F)cc2)CC1. The van der Waals surface area contributed by atoms with E-state index in [1.807, 2.05) is 4.72 Å². The van der Waals surface area contributed by atoms with Crippen LogP contribution in [-0.2, 0) is 19.6 Å². The Morgan fingerprint density at radius 2 is 1.58 bits per heavy atom. The number of hydrogen-bond acceptors (Lipinski definition) is 6. The average molecular weight is 645 g/mol. The molecule has 9 nitrogen and oxygen atoms in total. The van der Waals surface area contributed by atoms with E-state index in [9.17, 15) is 31.6 Å². The fourth-order valence-corrected chi connectivity index (χ4v) is 8.48. The fourth-order valence-electron chi connectivity index (χ4n) is 7.43. The number of nitrogens with two attached hydrogens (primary N) is 1. The summed E-state index contributed by atoms with van der Waals surface area (Å²) in [6, 6.07) is 9.36. The summed E-state index contributed by atoms with van der Waals surface area (Å²) in [7, 11) is -4.43. The molecule has 244 valence electrons. The van der Waals surface area contributed by atoms with Crippen LogP contribution in [0.25, 0.3) is 0 Å². The molecular formula is C33H42F2N4O5S. The third kappa shape index (κ3) is 7.54. The van der Waals surface area contributed by atoms with E-state index in [1.165, 1.54) is 42.8 Å². The minimum absolute atomic E-state index is 0.00810. The van der Waals surface area contributed by atoms with Crippen LogP contribution in [0.3, 0.4) is 0 Å². The van der Waals surface area contributed by atoms with Gasteiger partial charge in [-0.1, -0.05) is 44.2 Å². The summed E-state index contributed by atoms with van der Waals surface area (Å²) in [5.41, 5.74) is 6.33. The number of carbonyl (C=O) groups excluding carboxylic acids is 3. The molecule has 0 unspecified atom stereocenters. The van der Waals surface area contributed by atoms with Crippen molar-refractivity contribution in [1.82, 2.24) is 9.62 Å². The van der Waals surface area contributed by atoms with Gasteiger partial charge in [-0.05, 0) is 86.3 Å². The lowest BCUT2D eigenvalue weighted by atomic mass is 9.76. The molecule has 0 radical (unpaired) electrons. The van der Waals surface area contributed by atoms with Gasteiger partial charge in [0.1, 0.15) is 23.4 Å². The summed E-state index contributed by atoms with van der Waals surface area (Å²) >= 11 is 0. The predicted molar refractivity (Wildman–Crippen MR) is 166 cm³/mol. The van der Waals surface area contributed by atoms with Crippen molar-refractivity contribution in [2.45, 2.75) is 81.2 Å². The zero-order chi connectivity index (χ0) is 32.1. The Balaban J connectivity index is 1.27. The topological polar surface area (TPSA) is 139 Å². The minimum atomic E-state index is -4.43. The number of benzene rings is 2. The molecule has 2 aromatic rings. The molecule has 45 heavy (non-hydrogen) atoms. The number of carbonyl (C=O) groups is 3. The third-order valence-electron chi connectivity index (χ3n) is 9.92. The molecule has 3 amide bonds. The number of anilines is 1. The van der Waals surface area contributed by atoms with E-state index in [0.717, 1.165) is 44.2 Å². The standard InChI is InChI=1S/C33H42F2N4O5S/c34-20-28(36)22-10-12-24(13-11-22)33(42)39-19-18-26(21-6-2-1-3-7-21)30(39)32(41)37-25-16-14-23(15-17-25)31(40)38-45(43,44)29-9-5-4-8-27(29)35/h4-5,8-9,14-17,21-22,24,26,28,30H,1-3,6-7,10-13,18-20,36H2,(H,37,41)(H,38,40)/t22?,24?,26-,28+,30-/m0/s1. The zero-order valence-electron chi connectivity index (χ0n) is 25.3. The Morgan fingerprint density at radius 1 is 0.911 bits per heavy atom. The van der Waals surface area contributed by atoms with Crippen molar-refractivity contribution < 1.29 is 31.6 Å². The molecule has 5 rings (SSSR count). The highest BCUT2D eigenvalue weighted by molar-refractivity contribution is 7.90. The molecule has 2 aromatic carbocycles. The molecular weight excluding hydrogens is 602 g/mol. The number of likely N-dealkylation sites (tertiary alicyclic amines) is 1. The van der Waals surface area contributed by atoms with Gasteiger partial charge in [-0.3, -0.25) is 14.4 Å². The first-order valence-corrected chi connectivity index (χ1v) is 17.4. The maximum absolute atomic E-state index is 14.0. The van der Waals surface area contributed by atoms with Gasteiger partial charge < -0.3 is 16.0 Å². The predicted octanol–water partition coefficient (Wildman–Crippen LogP) is 4.78. The van der Waals surface area contributed by atoms with Crippen molar-refractivity contribution in [3.63, 3.8) is 0 Å². The summed E-state index contributed by atoms with van der Waals surface area (Å²) in [6.07, 6.45) is 8.86. The van der Waals surface area contributed by atoms with Gasteiger partial charge in [0, 0.05) is 29.8 Å². The van der Waals surface area contributed by atoms with Crippen LogP contribution in [0.1, 0.15) is 74.6 Å². The smallest absolute Gasteiger partial charge is 0.267 e. The first kappa shape index (κ1) is 33.0. The number of amides is 3. The summed E-state index contributed by atoms with van der Waals surface area (Å²) in [5.74, 6) is -1.98. The van der Waals surface area contributed by atoms with Crippen LogP contribution in [0.4, 0.5) is 14.5 Å². The molecule has 2 saturated carbocycles. The molecule has 3 aliphatic rings. The molecule has 0 aromatic heterocycles. The Kier molecular flexibility index (Phi) is 10.5. The fraction of sp³-hybridized carbons (Fsp3) is 0.545. The summed E-state index contributed by atoms with van der Waals surface area (Å²) < 4.78 is 54.1. The Labute approximate surface area is 263 Å². The highest BCUT2D eigenvalue weighted by Gasteiger charge is 2.47.